The van der Waals surface area contributed by atoms with E-state index in [1.165, 1.54) is 9.38 Å². The van der Waals surface area contributed by atoms with Crippen LogP contribution in [0.15, 0.2) is 41.2 Å². The lowest BCUT2D eigenvalue weighted by Crippen LogP contribution is -2.47. The first-order valence-corrected chi connectivity index (χ1v) is 8.42. The van der Waals surface area contributed by atoms with Crippen molar-refractivity contribution in [2.24, 2.45) is 7.05 Å². The fourth-order valence-electron chi connectivity index (χ4n) is 2.78. The first-order chi connectivity index (χ1) is 11.2. The molecule has 2 aromatic heterocycles. The van der Waals surface area contributed by atoms with Crippen LogP contribution in [0.5, 0.6) is 0 Å². The van der Waals surface area contributed by atoms with Gasteiger partial charge in [0, 0.05) is 39.3 Å². The first-order valence-electron chi connectivity index (χ1n) is 7.60. The summed E-state index contributed by atoms with van der Waals surface area (Å²) in [5.41, 5.74) is 0.983. The van der Waals surface area contributed by atoms with Gasteiger partial charge in [0.15, 0.2) is 5.13 Å². The number of para-hydroxylation sites is 1. The van der Waals surface area contributed by atoms with Crippen LogP contribution in [0, 0.1) is 0 Å². The summed E-state index contributed by atoms with van der Waals surface area (Å²) in [4.78, 5) is 20.7. The van der Waals surface area contributed by atoms with Gasteiger partial charge in [-0.25, -0.2) is 9.67 Å². The number of benzene rings is 1. The SMILES string of the molecule is Cn1nc(N2CCN(c3nc4ccccc4s3)CC2)ccc1=O. The van der Waals surface area contributed by atoms with E-state index in [4.69, 9.17) is 4.98 Å². The molecule has 0 radical (unpaired) electrons. The second-order valence-corrected chi connectivity index (χ2v) is 6.60. The van der Waals surface area contributed by atoms with Crippen molar-refractivity contribution in [2.45, 2.75) is 0 Å². The minimum Gasteiger partial charge on any atom is -0.352 e. The van der Waals surface area contributed by atoms with Gasteiger partial charge in [-0.15, -0.1) is 0 Å². The van der Waals surface area contributed by atoms with Crippen molar-refractivity contribution in [3.05, 3.63) is 46.8 Å². The first kappa shape index (κ1) is 14.2. The number of hydrogen-bond donors (Lipinski definition) is 0. The van der Waals surface area contributed by atoms with Crippen molar-refractivity contribution in [1.82, 2.24) is 14.8 Å². The van der Waals surface area contributed by atoms with Gasteiger partial charge < -0.3 is 9.80 Å². The van der Waals surface area contributed by atoms with Crippen LogP contribution in [0.4, 0.5) is 10.9 Å². The Morgan fingerprint density at radius 2 is 1.74 bits per heavy atom. The minimum atomic E-state index is -0.0816. The van der Waals surface area contributed by atoms with Crippen molar-refractivity contribution in [3.8, 4) is 0 Å². The van der Waals surface area contributed by atoms with E-state index < -0.39 is 0 Å². The Balaban J connectivity index is 1.50. The highest BCUT2D eigenvalue weighted by molar-refractivity contribution is 7.22. The Kier molecular flexibility index (Phi) is 3.49. The Morgan fingerprint density at radius 1 is 1.00 bits per heavy atom. The maximum atomic E-state index is 11.4. The highest BCUT2D eigenvalue weighted by atomic mass is 32.1. The smallest absolute Gasteiger partial charge is 0.266 e. The molecule has 0 aliphatic carbocycles. The van der Waals surface area contributed by atoms with Gasteiger partial charge in [-0.05, 0) is 18.2 Å². The predicted molar refractivity (Wildman–Crippen MR) is 93.5 cm³/mol. The summed E-state index contributed by atoms with van der Waals surface area (Å²) in [6.07, 6.45) is 0. The molecule has 6 nitrogen and oxygen atoms in total. The third kappa shape index (κ3) is 2.68. The minimum absolute atomic E-state index is 0.0816. The molecule has 0 bridgehead atoms. The van der Waals surface area contributed by atoms with Gasteiger partial charge >= 0.3 is 0 Å². The van der Waals surface area contributed by atoms with Gasteiger partial charge in [0.2, 0.25) is 0 Å². The average Bonchev–Trinajstić information content (AvgIpc) is 3.02. The number of rotatable bonds is 2. The van der Waals surface area contributed by atoms with Crippen LogP contribution in [-0.2, 0) is 7.05 Å². The van der Waals surface area contributed by atoms with Crippen LogP contribution in [0.2, 0.25) is 0 Å². The second-order valence-electron chi connectivity index (χ2n) is 5.59. The van der Waals surface area contributed by atoms with E-state index in [1.807, 2.05) is 12.1 Å². The summed E-state index contributed by atoms with van der Waals surface area (Å²) in [5, 5.41) is 5.41. The van der Waals surface area contributed by atoms with E-state index in [9.17, 15) is 4.79 Å². The molecule has 23 heavy (non-hydrogen) atoms. The summed E-state index contributed by atoms with van der Waals surface area (Å²) >= 11 is 1.74. The third-order valence-corrected chi connectivity index (χ3v) is 5.20. The maximum absolute atomic E-state index is 11.4. The largest absolute Gasteiger partial charge is 0.352 e. The highest BCUT2D eigenvalue weighted by Gasteiger charge is 2.21. The average molecular weight is 327 g/mol. The molecule has 1 aromatic carbocycles. The van der Waals surface area contributed by atoms with Gasteiger partial charge in [0.05, 0.1) is 10.2 Å². The molecule has 0 atom stereocenters. The van der Waals surface area contributed by atoms with Gasteiger partial charge in [0.1, 0.15) is 5.82 Å². The fourth-order valence-corrected chi connectivity index (χ4v) is 3.80. The van der Waals surface area contributed by atoms with E-state index in [-0.39, 0.29) is 5.56 Å². The van der Waals surface area contributed by atoms with Gasteiger partial charge in [-0.1, -0.05) is 23.5 Å². The third-order valence-electron chi connectivity index (χ3n) is 4.10. The molecule has 7 heteroatoms. The van der Waals surface area contributed by atoms with E-state index >= 15 is 0 Å². The zero-order valence-electron chi connectivity index (χ0n) is 12.8. The number of piperazine rings is 1. The molecule has 0 spiro atoms. The lowest BCUT2D eigenvalue weighted by Gasteiger charge is -2.35. The van der Waals surface area contributed by atoms with Crippen LogP contribution in [-0.4, -0.2) is 40.9 Å². The quantitative estimate of drug-likeness (QED) is 0.717. The molecule has 0 saturated carbocycles. The summed E-state index contributed by atoms with van der Waals surface area (Å²) in [6, 6.07) is 11.6. The Hall–Kier alpha value is -2.41. The van der Waals surface area contributed by atoms with Gasteiger partial charge in [-0.2, -0.15) is 5.10 Å². The molecule has 118 valence electrons. The number of hydrogen-bond acceptors (Lipinski definition) is 6. The number of aromatic nitrogens is 3. The number of aryl methyl sites for hydroxylation is 1. The van der Waals surface area contributed by atoms with Crippen molar-refractivity contribution < 1.29 is 0 Å². The number of thiazole rings is 1. The standard InChI is InChI=1S/C16H17N5OS/c1-19-15(22)7-6-14(18-19)20-8-10-21(11-9-20)16-17-12-4-2-3-5-13(12)23-16/h2-7H,8-11H2,1H3. The van der Waals surface area contributed by atoms with Crippen molar-refractivity contribution >= 4 is 32.5 Å². The summed E-state index contributed by atoms with van der Waals surface area (Å²) in [7, 11) is 1.68. The predicted octanol–water partition coefficient (Wildman–Crippen LogP) is 1.72. The molecule has 1 aliphatic rings. The van der Waals surface area contributed by atoms with E-state index in [0.29, 0.717) is 0 Å². The zero-order chi connectivity index (χ0) is 15.8. The number of fused-ring (bicyclic) bond motifs is 1. The lowest BCUT2D eigenvalue weighted by atomic mass is 10.3. The molecule has 1 fully saturated rings. The molecule has 3 aromatic rings. The maximum Gasteiger partial charge on any atom is 0.266 e. The van der Waals surface area contributed by atoms with Crippen LogP contribution in [0.3, 0.4) is 0 Å². The van der Waals surface area contributed by atoms with Gasteiger partial charge in [-0.3, -0.25) is 4.79 Å². The highest BCUT2D eigenvalue weighted by Crippen LogP contribution is 2.29. The summed E-state index contributed by atoms with van der Waals surface area (Å²) in [5.74, 6) is 0.857. The molecular formula is C16H17N5OS. The fraction of sp³-hybridized carbons (Fsp3) is 0.312. The molecule has 1 saturated heterocycles. The van der Waals surface area contributed by atoms with Gasteiger partial charge in [0.25, 0.3) is 5.56 Å². The molecule has 0 unspecified atom stereocenters. The summed E-state index contributed by atoms with van der Waals surface area (Å²) in [6.45, 7) is 3.57. The van der Waals surface area contributed by atoms with Crippen LogP contribution in [0.1, 0.15) is 0 Å². The molecule has 3 heterocycles. The Morgan fingerprint density at radius 3 is 2.48 bits per heavy atom. The Labute approximate surface area is 137 Å². The number of anilines is 2. The van der Waals surface area contributed by atoms with Crippen molar-refractivity contribution in [3.63, 3.8) is 0 Å². The zero-order valence-corrected chi connectivity index (χ0v) is 13.7. The monoisotopic (exact) mass is 327 g/mol. The second kappa shape index (κ2) is 5.66. The molecule has 4 rings (SSSR count). The van der Waals surface area contributed by atoms with Crippen LogP contribution in [0.25, 0.3) is 10.2 Å². The molecule has 1 aliphatic heterocycles. The molecular weight excluding hydrogens is 310 g/mol. The van der Waals surface area contributed by atoms with E-state index in [2.05, 4.69) is 27.0 Å². The topological polar surface area (TPSA) is 54.3 Å². The molecule has 0 N–H and O–H groups in total. The van der Waals surface area contributed by atoms with Crippen LogP contribution >= 0.6 is 11.3 Å². The molecule has 0 amide bonds. The lowest BCUT2D eigenvalue weighted by molar-refractivity contribution is 0.623. The van der Waals surface area contributed by atoms with E-state index in [1.54, 1.807) is 30.5 Å². The van der Waals surface area contributed by atoms with E-state index in [0.717, 1.165) is 42.6 Å². The van der Waals surface area contributed by atoms with Crippen LogP contribution < -0.4 is 15.4 Å². The van der Waals surface area contributed by atoms with Crippen molar-refractivity contribution in [2.75, 3.05) is 36.0 Å². The normalized spacial score (nSPS) is 15.3. The Bertz CT molecular complexity index is 862. The van der Waals surface area contributed by atoms with Crippen molar-refractivity contribution in [1.29, 1.82) is 0 Å². The summed E-state index contributed by atoms with van der Waals surface area (Å²) < 4.78 is 2.61. The number of nitrogens with zero attached hydrogens (tertiary/aromatic N) is 5.